The highest BCUT2D eigenvalue weighted by Crippen LogP contribution is 2.30. The van der Waals surface area contributed by atoms with E-state index in [0.717, 1.165) is 24.6 Å². The fourth-order valence-electron chi connectivity index (χ4n) is 4.76. The van der Waals surface area contributed by atoms with Gasteiger partial charge in [0.1, 0.15) is 60.8 Å². The molecule has 0 unspecified atom stereocenters. The van der Waals surface area contributed by atoms with Crippen molar-refractivity contribution in [2.24, 2.45) is 0 Å². The monoisotopic (exact) mass is 619 g/mol. The lowest BCUT2D eigenvalue weighted by molar-refractivity contribution is -0.350. The van der Waals surface area contributed by atoms with E-state index >= 15 is 0 Å². The van der Waals surface area contributed by atoms with Crippen LogP contribution in [0.2, 0.25) is 0 Å². The summed E-state index contributed by atoms with van der Waals surface area (Å²) in [5, 5.41) is 62.7. The van der Waals surface area contributed by atoms with Crippen LogP contribution >= 0.6 is 0 Å². The van der Waals surface area contributed by atoms with E-state index in [1.165, 1.54) is 18.2 Å². The van der Waals surface area contributed by atoms with E-state index in [9.17, 15) is 35.4 Å². The first kappa shape index (κ1) is 33.8. The summed E-state index contributed by atoms with van der Waals surface area (Å²) in [6.07, 6.45) is -11.1. The molecule has 2 aliphatic rings. The van der Waals surface area contributed by atoms with Gasteiger partial charge in [-0.15, -0.1) is 0 Å². The molecule has 13 heteroatoms. The molecule has 4 rings (SSSR count). The lowest BCUT2D eigenvalue weighted by Crippen LogP contribution is -2.64. The molecule has 2 aliphatic heterocycles. The lowest BCUT2D eigenvalue weighted by atomic mass is 9.97. The third-order valence-electron chi connectivity index (χ3n) is 7.46. The minimum Gasteiger partial charge on any atom is -0.508 e. The Morgan fingerprint density at radius 3 is 2.20 bits per heavy atom. The van der Waals surface area contributed by atoms with E-state index < -0.39 is 74.0 Å². The number of hydrogen-bond donors (Lipinski definition) is 6. The Kier molecular flexibility index (Phi) is 11.7. The zero-order valence-corrected chi connectivity index (χ0v) is 24.7. The maximum absolute atomic E-state index is 12.2. The second-order valence-corrected chi connectivity index (χ2v) is 11.2. The number of aromatic hydroxyl groups is 1. The second kappa shape index (κ2) is 15.3. The number of aliphatic hydroxyl groups excluding tert-OH is 5. The molecule has 13 nitrogen and oxygen atoms in total. The van der Waals surface area contributed by atoms with Gasteiger partial charge in [-0.2, -0.15) is 0 Å². The van der Waals surface area contributed by atoms with Gasteiger partial charge in [-0.1, -0.05) is 24.3 Å². The molecular weight excluding hydrogens is 578 g/mol. The van der Waals surface area contributed by atoms with Crippen LogP contribution in [0.5, 0.6) is 11.5 Å². The number of likely N-dealkylation sites (N-methyl/N-ethyl adjacent to an activating group) is 1. The SMILES string of the molecule is C[C@H]1O[C@@H](Oc2ccc(CCN(C)C)cc2)[C@H](O)[C@@H](O[C@H]2O[C@H](COC(=O)/C=C\c3ccc(O)cc3)[C@H](O)[C@@H](O)[C@H]2O)[C@H]1O. The first-order valence-electron chi connectivity index (χ1n) is 14.3. The van der Waals surface area contributed by atoms with E-state index in [-0.39, 0.29) is 5.75 Å². The smallest absolute Gasteiger partial charge is 0.330 e. The average Bonchev–Trinajstić information content (AvgIpc) is 3.00. The van der Waals surface area contributed by atoms with Gasteiger partial charge < -0.3 is 59.2 Å². The molecule has 2 aromatic rings. The predicted octanol–water partition coefficient (Wildman–Crippen LogP) is -0.209. The minimum absolute atomic E-state index is 0.0740. The van der Waals surface area contributed by atoms with E-state index in [2.05, 4.69) is 4.90 Å². The van der Waals surface area contributed by atoms with E-state index in [1.807, 2.05) is 26.2 Å². The molecule has 0 saturated carbocycles. The standard InChI is InChI=1S/C31H41NO12/c1-17-24(35)29(28(39)31(41-17)42-21-11-6-19(7-12-21)14-15-32(2)3)44-30-27(38)26(37)25(36)22(43-30)16-40-23(34)13-8-18-4-9-20(33)10-5-18/h4-13,17,22,24-31,33,35-39H,14-16H2,1-3H3/b13-8-/t17-,22-,24+,25+,26-,27-,28-,29+,30-,31+/m1/s1. The number of aliphatic hydroxyl groups is 5. The summed E-state index contributed by atoms with van der Waals surface area (Å²) < 4.78 is 28.1. The lowest BCUT2D eigenvalue weighted by Gasteiger charge is -2.45. The molecule has 44 heavy (non-hydrogen) atoms. The summed E-state index contributed by atoms with van der Waals surface area (Å²) >= 11 is 0. The molecule has 0 radical (unpaired) electrons. The van der Waals surface area contributed by atoms with Crippen LogP contribution < -0.4 is 4.74 Å². The highest BCUT2D eigenvalue weighted by atomic mass is 16.7. The van der Waals surface area contributed by atoms with Crippen LogP contribution in [0, 0.1) is 0 Å². The molecular formula is C31H41NO12. The Labute approximate surface area is 255 Å². The fourth-order valence-corrected chi connectivity index (χ4v) is 4.76. The second-order valence-electron chi connectivity index (χ2n) is 11.2. The Balaban J connectivity index is 1.37. The summed E-state index contributed by atoms with van der Waals surface area (Å²) in [6.45, 7) is 1.93. The van der Waals surface area contributed by atoms with Crippen LogP contribution in [-0.2, 0) is 30.2 Å². The van der Waals surface area contributed by atoms with E-state index in [1.54, 1.807) is 31.2 Å². The summed E-state index contributed by atoms with van der Waals surface area (Å²) in [5.74, 6) is -0.287. The molecule has 0 spiro atoms. The third kappa shape index (κ3) is 8.75. The Morgan fingerprint density at radius 2 is 1.55 bits per heavy atom. The van der Waals surface area contributed by atoms with Gasteiger partial charge in [0.25, 0.3) is 0 Å². The van der Waals surface area contributed by atoms with Crippen LogP contribution in [-0.4, -0.2) is 130 Å². The van der Waals surface area contributed by atoms with Crippen LogP contribution in [0.3, 0.4) is 0 Å². The van der Waals surface area contributed by atoms with Crippen LogP contribution in [0.25, 0.3) is 6.08 Å². The zero-order valence-electron chi connectivity index (χ0n) is 24.7. The van der Waals surface area contributed by atoms with Crippen molar-refractivity contribution in [2.75, 3.05) is 27.2 Å². The van der Waals surface area contributed by atoms with Crippen molar-refractivity contribution in [1.82, 2.24) is 4.90 Å². The van der Waals surface area contributed by atoms with Gasteiger partial charge >= 0.3 is 5.97 Å². The van der Waals surface area contributed by atoms with Crippen molar-refractivity contribution >= 4 is 12.0 Å². The Hall–Kier alpha value is -3.11. The van der Waals surface area contributed by atoms with Crippen molar-refractivity contribution in [3.05, 3.63) is 65.7 Å². The summed E-state index contributed by atoms with van der Waals surface area (Å²) in [6, 6.07) is 13.4. The maximum atomic E-state index is 12.2. The fraction of sp³-hybridized carbons (Fsp3) is 0.516. The largest absolute Gasteiger partial charge is 0.508 e. The van der Waals surface area contributed by atoms with E-state index in [4.69, 9.17) is 23.7 Å². The van der Waals surface area contributed by atoms with Gasteiger partial charge in [-0.05, 0) is 68.9 Å². The van der Waals surface area contributed by atoms with Crippen molar-refractivity contribution in [3.8, 4) is 11.5 Å². The normalized spacial score (nSPS) is 32.6. The number of carbonyl (C=O) groups is 1. The maximum Gasteiger partial charge on any atom is 0.330 e. The van der Waals surface area contributed by atoms with E-state index in [0.29, 0.717) is 11.3 Å². The molecule has 0 aromatic heterocycles. The molecule has 2 saturated heterocycles. The summed E-state index contributed by atoms with van der Waals surface area (Å²) in [4.78, 5) is 14.3. The predicted molar refractivity (Wildman–Crippen MR) is 155 cm³/mol. The minimum atomic E-state index is -1.77. The number of phenols is 1. The molecule has 10 atom stereocenters. The molecule has 0 bridgehead atoms. The van der Waals surface area contributed by atoms with Crippen LogP contribution in [0.15, 0.2) is 54.6 Å². The first-order valence-corrected chi connectivity index (χ1v) is 14.3. The zero-order chi connectivity index (χ0) is 32.0. The number of phenolic OH excluding ortho intramolecular Hbond substituents is 1. The van der Waals surface area contributed by atoms with Gasteiger partial charge in [-0.3, -0.25) is 0 Å². The Morgan fingerprint density at radius 1 is 0.864 bits per heavy atom. The topological polar surface area (TPSA) is 188 Å². The molecule has 2 heterocycles. The van der Waals surface area contributed by atoms with Gasteiger partial charge in [0.2, 0.25) is 6.29 Å². The number of rotatable bonds is 11. The van der Waals surface area contributed by atoms with Gasteiger partial charge in [0.05, 0.1) is 6.10 Å². The number of hydrogen-bond acceptors (Lipinski definition) is 13. The van der Waals surface area contributed by atoms with Gasteiger partial charge in [0.15, 0.2) is 6.29 Å². The molecule has 6 N–H and O–H groups in total. The van der Waals surface area contributed by atoms with Crippen molar-refractivity contribution in [2.45, 2.75) is 74.8 Å². The summed E-state index contributed by atoms with van der Waals surface area (Å²) in [7, 11) is 3.98. The summed E-state index contributed by atoms with van der Waals surface area (Å²) in [5.41, 5.74) is 1.72. The van der Waals surface area contributed by atoms with Crippen molar-refractivity contribution in [1.29, 1.82) is 0 Å². The van der Waals surface area contributed by atoms with Crippen LogP contribution in [0.1, 0.15) is 18.1 Å². The third-order valence-corrected chi connectivity index (χ3v) is 7.46. The molecule has 2 fully saturated rings. The van der Waals surface area contributed by atoms with Gasteiger partial charge in [-0.25, -0.2) is 4.79 Å². The number of carbonyl (C=O) groups excluding carboxylic acids is 1. The van der Waals surface area contributed by atoms with Crippen LogP contribution in [0.4, 0.5) is 0 Å². The number of benzene rings is 2. The average molecular weight is 620 g/mol. The quantitative estimate of drug-likeness (QED) is 0.143. The number of nitrogens with zero attached hydrogens (tertiary/aromatic N) is 1. The molecule has 0 amide bonds. The highest BCUT2D eigenvalue weighted by molar-refractivity contribution is 5.87. The van der Waals surface area contributed by atoms with Gasteiger partial charge in [0, 0.05) is 12.6 Å². The highest BCUT2D eigenvalue weighted by Gasteiger charge is 2.50. The number of esters is 1. The number of ether oxygens (including phenoxy) is 5. The van der Waals surface area contributed by atoms with Crippen molar-refractivity contribution in [3.63, 3.8) is 0 Å². The molecule has 2 aromatic carbocycles. The molecule has 0 aliphatic carbocycles. The van der Waals surface area contributed by atoms with Crippen molar-refractivity contribution < 1.29 is 59.1 Å². The first-order chi connectivity index (χ1) is 20.9. The molecule has 242 valence electrons. The Bertz CT molecular complexity index is 1220.